The van der Waals surface area contributed by atoms with Crippen LogP contribution < -0.4 is 11.1 Å². The van der Waals surface area contributed by atoms with E-state index in [0.29, 0.717) is 4.47 Å². The van der Waals surface area contributed by atoms with Crippen molar-refractivity contribution in [2.24, 2.45) is 0 Å². The van der Waals surface area contributed by atoms with Gasteiger partial charge in [0.25, 0.3) is 0 Å². The molecule has 0 unspecified atom stereocenters. The smallest absolute Gasteiger partial charge is 0.397 e. The minimum Gasteiger partial charge on any atom is -0.397 e. The van der Waals surface area contributed by atoms with E-state index < -0.39 is 18.5 Å². The van der Waals surface area contributed by atoms with E-state index >= 15 is 0 Å². The fourth-order valence-electron chi connectivity index (χ4n) is 1.27. The SMILES string of the molecule is Cc1cc(N)c(NC(=O)CC(F)(F)F)c(Br)c1. The maximum absolute atomic E-state index is 12.0. The van der Waals surface area contributed by atoms with E-state index in [1.807, 2.05) is 0 Å². The third-order valence-corrected chi connectivity index (χ3v) is 2.52. The molecule has 0 bridgehead atoms. The summed E-state index contributed by atoms with van der Waals surface area (Å²) >= 11 is 3.13. The van der Waals surface area contributed by atoms with Crippen LogP contribution >= 0.6 is 15.9 Å². The molecule has 0 heterocycles. The number of benzene rings is 1. The molecule has 1 amide bonds. The summed E-state index contributed by atoms with van der Waals surface area (Å²) in [6, 6.07) is 3.22. The Morgan fingerprint density at radius 2 is 2.06 bits per heavy atom. The van der Waals surface area contributed by atoms with Crippen LogP contribution in [0.4, 0.5) is 24.5 Å². The summed E-state index contributed by atoms with van der Waals surface area (Å²) in [5.41, 5.74) is 6.82. The van der Waals surface area contributed by atoms with Gasteiger partial charge in [-0.15, -0.1) is 0 Å². The van der Waals surface area contributed by atoms with Gasteiger partial charge in [-0.2, -0.15) is 13.2 Å². The molecule has 94 valence electrons. The number of anilines is 2. The molecule has 0 spiro atoms. The molecule has 0 radical (unpaired) electrons. The number of carbonyl (C=O) groups excluding carboxylic acids is 1. The molecular weight excluding hydrogens is 301 g/mol. The molecule has 0 saturated carbocycles. The summed E-state index contributed by atoms with van der Waals surface area (Å²) < 4.78 is 36.4. The second-order valence-electron chi connectivity index (χ2n) is 3.55. The zero-order valence-corrected chi connectivity index (χ0v) is 10.4. The quantitative estimate of drug-likeness (QED) is 0.824. The second-order valence-corrected chi connectivity index (χ2v) is 4.41. The minimum atomic E-state index is -4.53. The molecule has 0 aliphatic carbocycles. The van der Waals surface area contributed by atoms with Crippen LogP contribution in [0.25, 0.3) is 0 Å². The third kappa shape index (κ3) is 4.26. The third-order valence-electron chi connectivity index (χ3n) is 1.89. The summed E-state index contributed by atoms with van der Waals surface area (Å²) in [6.07, 6.45) is -6.07. The number of aryl methyl sites for hydroxylation is 1. The lowest BCUT2D eigenvalue weighted by Gasteiger charge is -2.12. The Labute approximate surface area is 104 Å². The number of rotatable bonds is 2. The largest absolute Gasteiger partial charge is 0.397 e. The Bertz CT molecular complexity index is 423. The Hall–Kier alpha value is -1.24. The Morgan fingerprint density at radius 3 is 2.53 bits per heavy atom. The van der Waals surface area contributed by atoms with E-state index in [1.54, 1.807) is 19.1 Å². The van der Waals surface area contributed by atoms with Gasteiger partial charge in [-0.1, -0.05) is 0 Å². The van der Waals surface area contributed by atoms with Crippen molar-refractivity contribution < 1.29 is 18.0 Å². The van der Waals surface area contributed by atoms with Crippen molar-refractivity contribution >= 4 is 33.2 Å². The number of halogens is 4. The zero-order valence-electron chi connectivity index (χ0n) is 8.86. The van der Waals surface area contributed by atoms with Crippen molar-refractivity contribution in [1.29, 1.82) is 0 Å². The highest BCUT2D eigenvalue weighted by Crippen LogP contribution is 2.31. The number of nitrogens with two attached hydrogens (primary N) is 1. The molecule has 0 aliphatic rings. The van der Waals surface area contributed by atoms with Gasteiger partial charge in [-0.3, -0.25) is 4.79 Å². The molecule has 1 rings (SSSR count). The first-order valence-electron chi connectivity index (χ1n) is 4.61. The molecule has 0 saturated heterocycles. The molecule has 3 nitrogen and oxygen atoms in total. The van der Waals surface area contributed by atoms with Gasteiger partial charge in [-0.05, 0) is 40.5 Å². The van der Waals surface area contributed by atoms with Crippen LogP contribution in [-0.2, 0) is 4.79 Å². The fourth-order valence-corrected chi connectivity index (χ4v) is 1.96. The molecule has 17 heavy (non-hydrogen) atoms. The van der Waals surface area contributed by atoms with Gasteiger partial charge in [0, 0.05) is 4.47 Å². The summed E-state index contributed by atoms with van der Waals surface area (Å²) in [5.74, 6) is -1.14. The highest BCUT2D eigenvalue weighted by Gasteiger charge is 2.31. The molecule has 0 fully saturated rings. The van der Waals surface area contributed by atoms with Gasteiger partial charge in [0.15, 0.2) is 0 Å². The van der Waals surface area contributed by atoms with Crippen molar-refractivity contribution in [3.8, 4) is 0 Å². The normalized spacial score (nSPS) is 11.4. The molecule has 1 aromatic rings. The fraction of sp³-hybridized carbons (Fsp3) is 0.300. The van der Waals surface area contributed by atoms with Crippen LogP contribution in [0.3, 0.4) is 0 Å². The predicted molar refractivity (Wildman–Crippen MR) is 62.6 cm³/mol. The highest BCUT2D eigenvalue weighted by atomic mass is 79.9. The molecule has 0 aliphatic heterocycles. The van der Waals surface area contributed by atoms with Crippen LogP contribution in [0.1, 0.15) is 12.0 Å². The number of amides is 1. The second kappa shape index (κ2) is 4.95. The van der Waals surface area contributed by atoms with Crippen LogP contribution in [0.2, 0.25) is 0 Å². The van der Waals surface area contributed by atoms with Gasteiger partial charge in [0.05, 0.1) is 11.4 Å². The summed E-state index contributed by atoms with van der Waals surface area (Å²) in [5, 5.41) is 2.13. The Kier molecular flexibility index (Phi) is 4.03. The lowest BCUT2D eigenvalue weighted by molar-refractivity contribution is -0.150. The summed E-state index contributed by atoms with van der Waals surface area (Å²) in [7, 11) is 0. The van der Waals surface area contributed by atoms with Crippen LogP contribution in [0.15, 0.2) is 16.6 Å². The van der Waals surface area contributed by atoms with Crippen LogP contribution in [-0.4, -0.2) is 12.1 Å². The standard InChI is InChI=1S/C10H10BrF3N2O/c1-5-2-6(11)9(7(15)3-5)16-8(17)4-10(12,13)14/h2-3H,4,15H2,1H3,(H,16,17). The van der Waals surface area contributed by atoms with Crippen LogP contribution in [0.5, 0.6) is 0 Å². The van der Waals surface area contributed by atoms with E-state index in [-0.39, 0.29) is 11.4 Å². The van der Waals surface area contributed by atoms with Crippen molar-refractivity contribution in [3.05, 3.63) is 22.2 Å². The molecule has 3 N–H and O–H groups in total. The van der Waals surface area contributed by atoms with Crippen molar-refractivity contribution in [3.63, 3.8) is 0 Å². The molecule has 7 heteroatoms. The van der Waals surface area contributed by atoms with Gasteiger partial charge in [0.2, 0.25) is 5.91 Å². The average Bonchev–Trinajstić information content (AvgIpc) is 2.08. The van der Waals surface area contributed by atoms with Gasteiger partial charge < -0.3 is 11.1 Å². The maximum atomic E-state index is 12.0. The molecule has 1 aromatic carbocycles. The maximum Gasteiger partial charge on any atom is 0.397 e. The number of nitrogens with one attached hydrogen (secondary N) is 1. The number of nitrogen functional groups attached to an aromatic ring is 1. The minimum absolute atomic E-state index is 0.157. The van der Waals surface area contributed by atoms with Crippen molar-refractivity contribution in [2.75, 3.05) is 11.1 Å². The number of alkyl halides is 3. The number of hydrogen-bond acceptors (Lipinski definition) is 2. The first-order chi connectivity index (χ1) is 7.69. The van der Waals surface area contributed by atoms with E-state index in [2.05, 4.69) is 21.2 Å². The van der Waals surface area contributed by atoms with E-state index in [9.17, 15) is 18.0 Å². The zero-order chi connectivity index (χ0) is 13.2. The lowest BCUT2D eigenvalue weighted by Crippen LogP contribution is -2.21. The lowest BCUT2D eigenvalue weighted by atomic mass is 10.2. The number of carbonyl (C=O) groups is 1. The molecule has 0 atom stereocenters. The topological polar surface area (TPSA) is 55.1 Å². The first-order valence-corrected chi connectivity index (χ1v) is 5.40. The molecular formula is C10H10BrF3N2O. The average molecular weight is 311 g/mol. The van der Waals surface area contributed by atoms with Gasteiger partial charge in [0.1, 0.15) is 6.42 Å². The van der Waals surface area contributed by atoms with E-state index in [1.165, 1.54) is 0 Å². The summed E-state index contributed by atoms with van der Waals surface area (Å²) in [6.45, 7) is 1.78. The molecule has 0 aromatic heterocycles. The summed E-state index contributed by atoms with van der Waals surface area (Å²) in [4.78, 5) is 11.1. The number of hydrogen-bond donors (Lipinski definition) is 2. The van der Waals surface area contributed by atoms with Crippen molar-refractivity contribution in [2.45, 2.75) is 19.5 Å². The van der Waals surface area contributed by atoms with E-state index in [4.69, 9.17) is 5.73 Å². The van der Waals surface area contributed by atoms with E-state index in [0.717, 1.165) is 5.56 Å². The predicted octanol–water partition coefficient (Wildman–Crippen LogP) is 3.23. The first kappa shape index (κ1) is 13.8. The van der Waals surface area contributed by atoms with Gasteiger partial charge in [-0.25, -0.2) is 0 Å². The monoisotopic (exact) mass is 310 g/mol. The highest BCUT2D eigenvalue weighted by molar-refractivity contribution is 9.10. The van der Waals surface area contributed by atoms with Crippen LogP contribution in [0, 0.1) is 6.92 Å². The Morgan fingerprint density at radius 1 is 1.47 bits per heavy atom. The van der Waals surface area contributed by atoms with Gasteiger partial charge >= 0.3 is 6.18 Å². The Balaban J connectivity index is 2.86. The van der Waals surface area contributed by atoms with Crippen molar-refractivity contribution in [1.82, 2.24) is 0 Å².